The van der Waals surface area contributed by atoms with Crippen LogP contribution in [0.3, 0.4) is 0 Å². The molecular weight excluding hydrogens is 312 g/mol. The third-order valence-electron chi connectivity index (χ3n) is 4.32. The van der Waals surface area contributed by atoms with E-state index in [1.807, 2.05) is 37.3 Å². The summed E-state index contributed by atoms with van der Waals surface area (Å²) in [5, 5.41) is 31.5. The Bertz CT molecular complexity index is 703. The second-order valence-corrected chi connectivity index (χ2v) is 6.04. The SMILES string of the molecule is CO[C@H]1[C@H](Oc2ccc3cc(C)ccc3c2)O[C@H](CO)[C@@H](O)[C@@H]1O. The predicted octanol–water partition coefficient (Wildman–Crippen LogP) is 0.981. The average molecular weight is 334 g/mol. The van der Waals surface area contributed by atoms with Crippen LogP contribution < -0.4 is 4.74 Å². The van der Waals surface area contributed by atoms with Crippen molar-refractivity contribution in [3.8, 4) is 5.75 Å². The number of methoxy groups -OCH3 is 1. The smallest absolute Gasteiger partial charge is 0.229 e. The number of aliphatic hydroxyl groups is 3. The van der Waals surface area contributed by atoms with Gasteiger partial charge in [-0.25, -0.2) is 0 Å². The molecule has 1 aliphatic rings. The van der Waals surface area contributed by atoms with Crippen molar-refractivity contribution < 1.29 is 29.5 Å². The minimum Gasteiger partial charge on any atom is -0.462 e. The third kappa shape index (κ3) is 3.24. The number of aryl methyl sites for hydroxylation is 1. The number of ether oxygens (including phenoxy) is 3. The van der Waals surface area contributed by atoms with E-state index in [9.17, 15) is 15.3 Å². The van der Waals surface area contributed by atoms with E-state index in [2.05, 4.69) is 6.07 Å². The highest BCUT2D eigenvalue weighted by atomic mass is 16.7. The Morgan fingerprint density at radius 1 is 1.04 bits per heavy atom. The molecule has 0 aliphatic carbocycles. The lowest BCUT2D eigenvalue weighted by Crippen LogP contribution is -2.60. The highest BCUT2D eigenvalue weighted by Crippen LogP contribution is 2.28. The summed E-state index contributed by atoms with van der Waals surface area (Å²) in [4.78, 5) is 0. The first-order valence-electron chi connectivity index (χ1n) is 7.86. The van der Waals surface area contributed by atoms with Crippen LogP contribution >= 0.6 is 0 Å². The summed E-state index contributed by atoms with van der Waals surface area (Å²) in [7, 11) is 1.41. The maximum Gasteiger partial charge on any atom is 0.229 e. The Labute approximate surface area is 140 Å². The normalized spacial score (nSPS) is 30.5. The van der Waals surface area contributed by atoms with Gasteiger partial charge < -0.3 is 29.5 Å². The Kier molecular flexibility index (Phi) is 5.03. The van der Waals surface area contributed by atoms with Gasteiger partial charge in [0, 0.05) is 7.11 Å². The van der Waals surface area contributed by atoms with Crippen molar-refractivity contribution in [3.05, 3.63) is 42.0 Å². The summed E-state index contributed by atoms with van der Waals surface area (Å²) < 4.78 is 16.6. The van der Waals surface area contributed by atoms with Crippen LogP contribution in [0.15, 0.2) is 36.4 Å². The maximum atomic E-state index is 10.1. The molecule has 1 aliphatic heterocycles. The molecule has 0 radical (unpaired) electrons. The molecule has 1 fully saturated rings. The summed E-state index contributed by atoms with van der Waals surface area (Å²) in [6, 6.07) is 11.7. The van der Waals surface area contributed by atoms with Gasteiger partial charge in [0.15, 0.2) is 0 Å². The molecule has 1 saturated heterocycles. The van der Waals surface area contributed by atoms with Crippen molar-refractivity contribution in [2.45, 2.75) is 37.6 Å². The van der Waals surface area contributed by atoms with E-state index >= 15 is 0 Å². The van der Waals surface area contributed by atoms with Gasteiger partial charge in [-0.3, -0.25) is 0 Å². The average Bonchev–Trinajstić information content (AvgIpc) is 2.58. The van der Waals surface area contributed by atoms with E-state index < -0.39 is 37.3 Å². The molecule has 3 N–H and O–H groups in total. The molecule has 1 heterocycles. The molecule has 0 amide bonds. The summed E-state index contributed by atoms with van der Waals surface area (Å²) in [6.45, 7) is 1.61. The van der Waals surface area contributed by atoms with Crippen LogP contribution in [0.2, 0.25) is 0 Å². The van der Waals surface area contributed by atoms with E-state index in [1.165, 1.54) is 12.7 Å². The summed E-state index contributed by atoms with van der Waals surface area (Å²) in [5.74, 6) is 0.554. The van der Waals surface area contributed by atoms with Gasteiger partial charge in [0.25, 0.3) is 0 Å². The van der Waals surface area contributed by atoms with Crippen LogP contribution in [0.1, 0.15) is 5.56 Å². The predicted molar refractivity (Wildman–Crippen MR) is 87.9 cm³/mol. The fourth-order valence-electron chi connectivity index (χ4n) is 2.95. The topological polar surface area (TPSA) is 88.4 Å². The zero-order valence-electron chi connectivity index (χ0n) is 13.6. The zero-order chi connectivity index (χ0) is 17.3. The van der Waals surface area contributed by atoms with Crippen LogP contribution in [0.5, 0.6) is 5.75 Å². The summed E-state index contributed by atoms with van der Waals surface area (Å²) >= 11 is 0. The number of benzene rings is 2. The minimum absolute atomic E-state index is 0.425. The van der Waals surface area contributed by atoms with E-state index in [1.54, 1.807) is 0 Å². The third-order valence-corrected chi connectivity index (χ3v) is 4.32. The van der Waals surface area contributed by atoms with Gasteiger partial charge in [0.05, 0.1) is 6.61 Å². The van der Waals surface area contributed by atoms with Gasteiger partial charge in [-0.05, 0) is 29.8 Å². The second kappa shape index (κ2) is 7.04. The lowest BCUT2D eigenvalue weighted by Gasteiger charge is -2.41. The fraction of sp³-hybridized carbons (Fsp3) is 0.444. The van der Waals surface area contributed by atoms with Gasteiger partial charge in [0.2, 0.25) is 6.29 Å². The number of fused-ring (bicyclic) bond motifs is 1. The van der Waals surface area contributed by atoms with Crippen molar-refractivity contribution in [1.82, 2.24) is 0 Å². The lowest BCUT2D eigenvalue weighted by atomic mass is 9.99. The number of rotatable bonds is 4. The largest absolute Gasteiger partial charge is 0.462 e. The fourth-order valence-corrected chi connectivity index (χ4v) is 2.95. The second-order valence-electron chi connectivity index (χ2n) is 6.04. The Morgan fingerprint density at radius 3 is 2.46 bits per heavy atom. The first kappa shape index (κ1) is 17.1. The molecule has 6 nitrogen and oxygen atoms in total. The van der Waals surface area contributed by atoms with E-state index in [0.29, 0.717) is 5.75 Å². The summed E-state index contributed by atoms with van der Waals surface area (Å²) in [5.41, 5.74) is 1.18. The van der Waals surface area contributed by atoms with Gasteiger partial charge >= 0.3 is 0 Å². The minimum atomic E-state index is -1.24. The van der Waals surface area contributed by atoms with Crippen LogP contribution in [-0.2, 0) is 9.47 Å². The molecule has 0 saturated carbocycles. The number of aliphatic hydroxyl groups excluding tert-OH is 3. The highest BCUT2D eigenvalue weighted by Gasteiger charge is 2.45. The molecule has 0 bridgehead atoms. The van der Waals surface area contributed by atoms with Gasteiger partial charge in [-0.1, -0.05) is 29.8 Å². The number of hydrogen-bond donors (Lipinski definition) is 3. The van der Waals surface area contributed by atoms with Gasteiger partial charge in [0.1, 0.15) is 30.2 Å². The first-order valence-corrected chi connectivity index (χ1v) is 7.86. The van der Waals surface area contributed by atoms with Gasteiger partial charge in [-0.2, -0.15) is 0 Å². The Morgan fingerprint density at radius 2 is 1.75 bits per heavy atom. The standard InChI is InChI=1S/C18H22O6/c1-10-3-4-12-8-13(6-5-11(12)7-10)23-18-17(22-2)16(21)15(20)14(9-19)24-18/h3-8,14-21H,9H2,1-2H3/t14-,15-,16+,17-,18-/m1/s1. The molecule has 130 valence electrons. The summed E-state index contributed by atoms with van der Waals surface area (Å²) in [6.07, 6.45) is -5.18. The number of hydrogen-bond acceptors (Lipinski definition) is 6. The molecule has 0 unspecified atom stereocenters. The van der Waals surface area contributed by atoms with Crippen LogP contribution in [-0.4, -0.2) is 59.7 Å². The van der Waals surface area contributed by atoms with Crippen LogP contribution in [0.4, 0.5) is 0 Å². The quantitative estimate of drug-likeness (QED) is 0.772. The molecule has 24 heavy (non-hydrogen) atoms. The van der Waals surface area contributed by atoms with E-state index in [-0.39, 0.29) is 0 Å². The molecule has 5 atom stereocenters. The van der Waals surface area contributed by atoms with Crippen molar-refractivity contribution in [3.63, 3.8) is 0 Å². The Hall–Kier alpha value is -1.70. The van der Waals surface area contributed by atoms with Crippen LogP contribution in [0, 0.1) is 6.92 Å². The van der Waals surface area contributed by atoms with Crippen molar-refractivity contribution in [2.24, 2.45) is 0 Å². The molecule has 2 aromatic rings. The molecule has 2 aromatic carbocycles. The zero-order valence-corrected chi connectivity index (χ0v) is 13.6. The highest BCUT2D eigenvalue weighted by molar-refractivity contribution is 5.84. The monoisotopic (exact) mass is 334 g/mol. The van der Waals surface area contributed by atoms with Gasteiger partial charge in [-0.15, -0.1) is 0 Å². The molecule has 0 aromatic heterocycles. The molecule has 3 rings (SSSR count). The first-order chi connectivity index (χ1) is 11.5. The molecule has 6 heteroatoms. The van der Waals surface area contributed by atoms with E-state index in [0.717, 1.165) is 10.8 Å². The molecular formula is C18H22O6. The molecule has 0 spiro atoms. The van der Waals surface area contributed by atoms with Crippen molar-refractivity contribution >= 4 is 10.8 Å². The lowest BCUT2D eigenvalue weighted by molar-refractivity contribution is -0.282. The van der Waals surface area contributed by atoms with Crippen molar-refractivity contribution in [2.75, 3.05) is 13.7 Å². The Balaban J connectivity index is 1.84. The van der Waals surface area contributed by atoms with Crippen LogP contribution in [0.25, 0.3) is 10.8 Å². The maximum absolute atomic E-state index is 10.1. The van der Waals surface area contributed by atoms with E-state index in [4.69, 9.17) is 14.2 Å². The van der Waals surface area contributed by atoms with Crippen molar-refractivity contribution in [1.29, 1.82) is 0 Å².